The number of benzene rings is 3. The van der Waals surface area contributed by atoms with Crippen molar-refractivity contribution in [2.45, 2.75) is 0 Å². The minimum absolute atomic E-state index is 0.0819. The summed E-state index contributed by atoms with van der Waals surface area (Å²) in [5.41, 5.74) is 1.53. The van der Waals surface area contributed by atoms with Crippen molar-refractivity contribution in [3.05, 3.63) is 74.3 Å². The molecule has 0 atom stereocenters. The number of nitrogens with zero attached hydrogens (tertiary/aromatic N) is 3. The van der Waals surface area contributed by atoms with Crippen LogP contribution in [0.5, 0.6) is 0 Å². The number of aromatic nitrogens is 2. The molecule has 1 N–H and O–H groups in total. The fraction of sp³-hybridized carbons (Fsp3) is 0. The Morgan fingerprint density at radius 1 is 1.00 bits per heavy atom. The van der Waals surface area contributed by atoms with E-state index in [-0.39, 0.29) is 16.7 Å². The molecule has 128 valence electrons. The SMILES string of the molecule is O=[N+]([O-])c1cc(Br)c2ccccc2c1Nc1nc2ccccc2nc1Cl. The molecule has 1 aromatic heterocycles. The summed E-state index contributed by atoms with van der Waals surface area (Å²) in [4.78, 5) is 19.9. The highest BCUT2D eigenvalue weighted by Gasteiger charge is 2.21. The highest BCUT2D eigenvalue weighted by molar-refractivity contribution is 9.10. The van der Waals surface area contributed by atoms with Gasteiger partial charge in [0.2, 0.25) is 0 Å². The van der Waals surface area contributed by atoms with E-state index in [1.165, 1.54) is 6.07 Å². The van der Waals surface area contributed by atoms with Gasteiger partial charge in [0.05, 0.1) is 16.0 Å². The summed E-state index contributed by atoms with van der Waals surface area (Å²) in [5.74, 6) is 0.265. The molecule has 0 saturated carbocycles. The van der Waals surface area contributed by atoms with Gasteiger partial charge >= 0.3 is 0 Å². The van der Waals surface area contributed by atoms with Crippen molar-refractivity contribution in [1.29, 1.82) is 0 Å². The van der Waals surface area contributed by atoms with Crippen LogP contribution in [0, 0.1) is 10.1 Å². The summed E-state index contributed by atoms with van der Waals surface area (Å²) in [6, 6.07) is 16.1. The maximum Gasteiger partial charge on any atom is 0.294 e. The van der Waals surface area contributed by atoms with Crippen LogP contribution >= 0.6 is 27.5 Å². The number of nitrogens with one attached hydrogen (secondary N) is 1. The fourth-order valence-electron chi connectivity index (χ4n) is 2.77. The van der Waals surface area contributed by atoms with Gasteiger partial charge in [-0.25, -0.2) is 9.97 Å². The lowest BCUT2D eigenvalue weighted by Crippen LogP contribution is -2.02. The number of anilines is 2. The first-order valence-corrected chi connectivity index (χ1v) is 8.76. The molecule has 0 fully saturated rings. The normalized spacial score (nSPS) is 11.0. The third-order valence-corrected chi connectivity index (χ3v) is 4.86. The predicted octanol–water partition coefficient (Wildman–Crippen LogP) is 5.85. The maximum absolute atomic E-state index is 11.6. The first-order valence-electron chi connectivity index (χ1n) is 7.59. The van der Waals surface area contributed by atoms with Crippen LogP contribution in [0.4, 0.5) is 17.2 Å². The minimum Gasteiger partial charge on any atom is -0.332 e. The molecule has 4 rings (SSSR count). The number of fused-ring (bicyclic) bond motifs is 2. The molecule has 3 aromatic carbocycles. The van der Waals surface area contributed by atoms with Crippen LogP contribution in [0.2, 0.25) is 5.15 Å². The number of para-hydroxylation sites is 2. The topological polar surface area (TPSA) is 81.0 Å². The molecular weight excluding hydrogens is 420 g/mol. The van der Waals surface area contributed by atoms with Crippen molar-refractivity contribution in [2.24, 2.45) is 0 Å². The Bertz CT molecular complexity index is 1180. The standard InChI is InChI=1S/C18H10BrClN4O2/c19-12-9-15(24(25)26)16(11-6-2-1-5-10(11)12)23-18-17(20)21-13-7-3-4-8-14(13)22-18/h1-9H,(H,22,23). The molecule has 8 heteroatoms. The number of hydrogen-bond donors (Lipinski definition) is 1. The monoisotopic (exact) mass is 428 g/mol. The molecule has 0 aliphatic carbocycles. The van der Waals surface area contributed by atoms with Gasteiger partial charge in [-0.2, -0.15) is 0 Å². The van der Waals surface area contributed by atoms with Gasteiger partial charge in [-0.1, -0.05) is 48.0 Å². The molecule has 0 unspecified atom stereocenters. The quantitative estimate of drug-likeness (QED) is 0.326. The van der Waals surface area contributed by atoms with Crippen molar-refractivity contribution >= 4 is 66.5 Å². The van der Waals surface area contributed by atoms with Crippen LogP contribution in [0.3, 0.4) is 0 Å². The summed E-state index contributed by atoms with van der Waals surface area (Å²) in [5, 5.41) is 16.3. The zero-order valence-corrected chi connectivity index (χ0v) is 15.5. The third-order valence-electron chi connectivity index (χ3n) is 3.94. The number of nitro groups is 1. The minimum atomic E-state index is -0.443. The van der Waals surface area contributed by atoms with Gasteiger partial charge in [-0.3, -0.25) is 10.1 Å². The molecule has 0 amide bonds. The molecular formula is C18H10BrClN4O2. The first kappa shape index (κ1) is 16.7. The Hall–Kier alpha value is -2.77. The molecule has 6 nitrogen and oxygen atoms in total. The molecule has 1 heterocycles. The molecule has 26 heavy (non-hydrogen) atoms. The van der Waals surface area contributed by atoms with Crippen molar-refractivity contribution < 1.29 is 4.92 Å². The van der Waals surface area contributed by atoms with Crippen molar-refractivity contribution in [3.8, 4) is 0 Å². The van der Waals surface area contributed by atoms with E-state index in [0.29, 0.717) is 26.6 Å². The lowest BCUT2D eigenvalue weighted by molar-refractivity contribution is -0.383. The van der Waals surface area contributed by atoms with Gasteiger partial charge in [-0.05, 0) is 33.4 Å². The van der Waals surface area contributed by atoms with E-state index in [1.54, 1.807) is 18.2 Å². The van der Waals surface area contributed by atoms with E-state index < -0.39 is 4.92 Å². The first-order chi connectivity index (χ1) is 12.5. The van der Waals surface area contributed by atoms with E-state index >= 15 is 0 Å². The number of nitro benzene ring substituents is 1. The molecule has 4 aromatic rings. The predicted molar refractivity (Wildman–Crippen MR) is 106 cm³/mol. The van der Waals surface area contributed by atoms with Crippen LogP contribution in [0.15, 0.2) is 59.1 Å². The number of hydrogen-bond acceptors (Lipinski definition) is 5. The smallest absolute Gasteiger partial charge is 0.294 e. The summed E-state index contributed by atoms with van der Waals surface area (Å²) >= 11 is 9.65. The highest BCUT2D eigenvalue weighted by Crippen LogP contribution is 2.40. The molecule has 0 spiro atoms. The van der Waals surface area contributed by atoms with Gasteiger partial charge in [0, 0.05) is 15.9 Å². The van der Waals surface area contributed by atoms with E-state index in [1.807, 2.05) is 30.3 Å². The molecule has 0 saturated heterocycles. The lowest BCUT2D eigenvalue weighted by Gasteiger charge is -2.12. The lowest BCUT2D eigenvalue weighted by atomic mass is 10.1. The zero-order valence-electron chi connectivity index (χ0n) is 13.1. The second-order valence-corrected chi connectivity index (χ2v) is 6.74. The largest absolute Gasteiger partial charge is 0.332 e. The Morgan fingerprint density at radius 3 is 2.31 bits per heavy atom. The average Bonchev–Trinajstić information content (AvgIpc) is 2.64. The Balaban J connectivity index is 1.95. The molecule has 0 aliphatic rings. The van der Waals surface area contributed by atoms with Crippen molar-refractivity contribution in [1.82, 2.24) is 9.97 Å². The Morgan fingerprint density at radius 2 is 1.62 bits per heavy atom. The van der Waals surface area contributed by atoms with Crippen LogP contribution in [0.1, 0.15) is 0 Å². The maximum atomic E-state index is 11.6. The Labute approximate surface area is 161 Å². The van der Waals surface area contributed by atoms with E-state index in [2.05, 4.69) is 31.2 Å². The van der Waals surface area contributed by atoms with Crippen LogP contribution in [0.25, 0.3) is 21.8 Å². The summed E-state index contributed by atoms with van der Waals surface area (Å²) < 4.78 is 0.640. The number of rotatable bonds is 3. The summed E-state index contributed by atoms with van der Waals surface area (Å²) in [6.07, 6.45) is 0. The van der Waals surface area contributed by atoms with Gasteiger partial charge in [0.25, 0.3) is 5.69 Å². The molecule has 0 aliphatic heterocycles. The average molecular weight is 430 g/mol. The number of halogens is 2. The Kier molecular flexibility index (Phi) is 4.18. The van der Waals surface area contributed by atoms with Gasteiger partial charge < -0.3 is 5.32 Å². The van der Waals surface area contributed by atoms with E-state index in [9.17, 15) is 10.1 Å². The summed E-state index contributed by atoms with van der Waals surface area (Å²) in [7, 11) is 0. The molecule has 0 bridgehead atoms. The third kappa shape index (κ3) is 2.85. The van der Waals surface area contributed by atoms with Gasteiger partial charge in [0.15, 0.2) is 11.0 Å². The zero-order chi connectivity index (χ0) is 18.3. The highest BCUT2D eigenvalue weighted by atomic mass is 79.9. The van der Waals surface area contributed by atoms with Crippen LogP contribution in [-0.4, -0.2) is 14.9 Å². The second-order valence-electron chi connectivity index (χ2n) is 5.53. The van der Waals surface area contributed by atoms with Gasteiger partial charge in [-0.15, -0.1) is 0 Å². The fourth-order valence-corrected chi connectivity index (χ4v) is 3.51. The summed E-state index contributed by atoms with van der Waals surface area (Å²) in [6.45, 7) is 0. The van der Waals surface area contributed by atoms with Crippen LogP contribution < -0.4 is 5.32 Å². The van der Waals surface area contributed by atoms with Crippen molar-refractivity contribution in [3.63, 3.8) is 0 Å². The van der Waals surface area contributed by atoms with Crippen LogP contribution in [-0.2, 0) is 0 Å². The van der Waals surface area contributed by atoms with E-state index in [4.69, 9.17) is 11.6 Å². The molecule has 0 radical (unpaired) electrons. The van der Waals surface area contributed by atoms with Gasteiger partial charge in [0.1, 0.15) is 5.69 Å². The van der Waals surface area contributed by atoms with E-state index in [0.717, 1.165) is 5.39 Å². The van der Waals surface area contributed by atoms with Crippen molar-refractivity contribution in [2.75, 3.05) is 5.32 Å². The second kappa shape index (κ2) is 6.51.